The zero-order chi connectivity index (χ0) is 29.1. The number of carbonyl (C=O) groups excluding carboxylic acids is 2. The Bertz CT molecular complexity index is 1120. The minimum Gasteiger partial charge on any atom is -0.497 e. The summed E-state index contributed by atoms with van der Waals surface area (Å²) in [6, 6.07) is 12.8. The number of hydrogen-bond acceptors (Lipinski definition) is 7. The van der Waals surface area contributed by atoms with Gasteiger partial charge in [-0.05, 0) is 99.6 Å². The molecule has 1 saturated heterocycles. The van der Waals surface area contributed by atoms with Gasteiger partial charge < -0.3 is 24.9 Å². The van der Waals surface area contributed by atoms with Crippen molar-refractivity contribution in [2.24, 2.45) is 11.8 Å². The quantitative estimate of drug-likeness (QED) is 0.138. The van der Waals surface area contributed by atoms with Gasteiger partial charge in [0.1, 0.15) is 17.3 Å². The number of benzene rings is 2. The Hall–Kier alpha value is -3.03. The number of rotatable bonds is 17. The van der Waals surface area contributed by atoms with E-state index in [2.05, 4.69) is 4.90 Å². The number of likely N-dealkylation sites (tertiary alicyclic amines) is 1. The lowest BCUT2D eigenvalue weighted by Crippen LogP contribution is -2.39. The molecule has 2 N–H and O–H groups in total. The molecular formula is C33H46N2O5. The predicted octanol–water partition coefficient (Wildman–Crippen LogP) is 6.21. The fraction of sp³-hybridized carbons (Fsp3) is 0.545. The van der Waals surface area contributed by atoms with E-state index in [9.17, 15) is 14.7 Å². The molecule has 7 nitrogen and oxygen atoms in total. The summed E-state index contributed by atoms with van der Waals surface area (Å²) in [5, 5.41) is 20.6. The third kappa shape index (κ3) is 8.48. The maximum atomic E-state index is 13.3. The standard InChI is InChI=1S/C33H46N2O5/c1-5-27(30(37)12-8-6-7-11-29(36)24-13-16-26(39-3)17-14-24)32(34)28(22-35-19-9-10-20-35)33(38)25-15-18-31(40-4)23(2)21-25/h13-18,21,27-28,33-34,38H,5-12,19-20,22H2,1-4H3. The van der Waals surface area contributed by atoms with Gasteiger partial charge in [-0.25, -0.2) is 0 Å². The lowest BCUT2D eigenvalue weighted by Gasteiger charge is -2.31. The molecule has 0 aliphatic carbocycles. The van der Waals surface area contributed by atoms with Crippen LogP contribution in [0.5, 0.6) is 11.5 Å². The maximum absolute atomic E-state index is 13.3. The monoisotopic (exact) mass is 550 g/mol. The van der Waals surface area contributed by atoms with Gasteiger partial charge in [-0.1, -0.05) is 19.4 Å². The van der Waals surface area contributed by atoms with E-state index in [1.807, 2.05) is 32.0 Å². The number of nitrogens with zero attached hydrogens (tertiary/aromatic N) is 1. The molecule has 3 unspecified atom stereocenters. The molecule has 7 heteroatoms. The van der Waals surface area contributed by atoms with E-state index in [1.54, 1.807) is 38.5 Å². The highest BCUT2D eigenvalue weighted by Gasteiger charge is 2.34. The summed E-state index contributed by atoms with van der Waals surface area (Å²) >= 11 is 0. The lowest BCUT2D eigenvalue weighted by atomic mass is 9.80. The first-order valence-electron chi connectivity index (χ1n) is 14.6. The van der Waals surface area contributed by atoms with Crippen LogP contribution in [0.4, 0.5) is 0 Å². The average molecular weight is 551 g/mol. The van der Waals surface area contributed by atoms with Crippen LogP contribution in [-0.2, 0) is 4.79 Å². The minimum absolute atomic E-state index is 0.0542. The fourth-order valence-electron chi connectivity index (χ4n) is 5.67. The van der Waals surface area contributed by atoms with Crippen molar-refractivity contribution in [1.29, 1.82) is 5.41 Å². The number of ether oxygens (including phenoxy) is 2. The van der Waals surface area contributed by atoms with Crippen LogP contribution in [0.2, 0.25) is 0 Å². The van der Waals surface area contributed by atoms with Crippen molar-refractivity contribution >= 4 is 17.3 Å². The Morgan fingerprint density at radius 2 is 1.65 bits per heavy atom. The van der Waals surface area contributed by atoms with Gasteiger partial charge in [-0.2, -0.15) is 0 Å². The molecule has 1 fully saturated rings. The van der Waals surface area contributed by atoms with E-state index in [4.69, 9.17) is 14.9 Å². The lowest BCUT2D eigenvalue weighted by molar-refractivity contribution is -0.121. The molecule has 0 bridgehead atoms. The van der Waals surface area contributed by atoms with Gasteiger partial charge in [0.15, 0.2) is 5.78 Å². The molecule has 0 radical (unpaired) electrons. The number of unbranched alkanes of at least 4 members (excludes halogenated alkanes) is 2. The molecule has 1 aliphatic rings. The zero-order valence-corrected chi connectivity index (χ0v) is 24.6. The van der Waals surface area contributed by atoms with Crippen molar-refractivity contribution in [3.63, 3.8) is 0 Å². The van der Waals surface area contributed by atoms with Crippen LogP contribution in [0, 0.1) is 24.2 Å². The number of aryl methyl sites for hydroxylation is 1. The summed E-state index contributed by atoms with van der Waals surface area (Å²) in [6.45, 7) is 6.37. The van der Waals surface area contributed by atoms with Crippen molar-refractivity contribution in [1.82, 2.24) is 4.90 Å². The molecule has 0 aromatic heterocycles. The second-order valence-corrected chi connectivity index (χ2v) is 10.9. The normalized spacial score (nSPS) is 15.8. The van der Waals surface area contributed by atoms with Crippen LogP contribution in [0.25, 0.3) is 0 Å². The number of aliphatic hydroxyl groups is 1. The van der Waals surface area contributed by atoms with Gasteiger partial charge in [0.2, 0.25) is 0 Å². The van der Waals surface area contributed by atoms with E-state index in [1.165, 1.54) is 0 Å². The Balaban J connectivity index is 1.58. The number of Topliss-reactive ketones (excluding diaryl/α,β-unsaturated/α-hetero) is 2. The van der Waals surface area contributed by atoms with E-state index >= 15 is 0 Å². The molecule has 3 atom stereocenters. The molecule has 0 amide bonds. The van der Waals surface area contributed by atoms with Crippen molar-refractivity contribution in [3.8, 4) is 11.5 Å². The SMILES string of the molecule is CCC(C(=N)C(CN1CCCC1)C(O)c1ccc(OC)c(C)c1)C(=O)CCCCCC(=O)c1ccc(OC)cc1. The van der Waals surface area contributed by atoms with E-state index in [0.717, 1.165) is 61.4 Å². The number of methoxy groups -OCH3 is 2. The molecule has 218 valence electrons. The van der Waals surface area contributed by atoms with Crippen LogP contribution in [0.15, 0.2) is 42.5 Å². The first-order valence-corrected chi connectivity index (χ1v) is 14.6. The summed E-state index contributed by atoms with van der Waals surface area (Å²) in [7, 11) is 3.22. The Morgan fingerprint density at radius 3 is 2.25 bits per heavy atom. The van der Waals surface area contributed by atoms with Crippen LogP contribution in [0.3, 0.4) is 0 Å². The first kappa shape index (κ1) is 31.5. The van der Waals surface area contributed by atoms with E-state index in [0.29, 0.717) is 43.5 Å². The third-order valence-corrected chi connectivity index (χ3v) is 8.11. The van der Waals surface area contributed by atoms with Crippen LogP contribution in [-0.4, -0.2) is 61.1 Å². The highest BCUT2D eigenvalue weighted by molar-refractivity contribution is 6.05. The largest absolute Gasteiger partial charge is 0.497 e. The van der Waals surface area contributed by atoms with Crippen LogP contribution < -0.4 is 9.47 Å². The highest BCUT2D eigenvalue weighted by Crippen LogP contribution is 2.32. The Labute approximate surface area is 239 Å². The predicted molar refractivity (Wildman–Crippen MR) is 159 cm³/mol. The number of hydrogen-bond donors (Lipinski definition) is 2. The smallest absolute Gasteiger partial charge is 0.162 e. The molecule has 2 aromatic carbocycles. The molecule has 0 spiro atoms. The number of aliphatic hydroxyl groups excluding tert-OH is 1. The average Bonchev–Trinajstić information content (AvgIpc) is 3.49. The van der Waals surface area contributed by atoms with Gasteiger partial charge in [0.25, 0.3) is 0 Å². The van der Waals surface area contributed by atoms with Crippen molar-refractivity contribution in [2.45, 2.75) is 71.3 Å². The molecule has 1 heterocycles. The first-order chi connectivity index (χ1) is 19.3. The van der Waals surface area contributed by atoms with Gasteiger partial charge in [-0.3, -0.25) is 9.59 Å². The van der Waals surface area contributed by atoms with Crippen molar-refractivity contribution < 1.29 is 24.2 Å². The molecule has 40 heavy (non-hydrogen) atoms. The summed E-state index contributed by atoms with van der Waals surface area (Å²) < 4.78 is 10.5. The number of nitrogens with one attached hydrogen (secondary N) is 1. The zero-order valence-electron chi connectivity index (χ0n) is 24.6. The van der Waals surface area contributed by atoms with E-state index in [-0.39, 0.29) is 11.6 Å². The van der Waals surface area contributed by atoms with Crippen LogP contribution in [0.1, 0.15) is 85.9 Å². The fourth-order valence-corrected chi connectivity index (χ4v) is 5.67. The summed E-state index contributed by atoms with van der Waals surface area (Å²) in [5.41, 5.74) is 2.68. The highest BCUT2D eigenvalue weighted by atomic mass is 16.5. The Kier molecular flexibility index (Phi) is 12.3. The second kappa shape index (κ2) is 15.7. The number of carbonyl (C=O) groups is 2. The van der Waals surface area contributed by atoms with Crippen molar-refractivity contribution in [2.75, 3.05) is 33.9 Å². The van der Waals surface area contributed by atoms with Gasteiger partial charge in [0.05, 0.1) is 26.2 Å². The summed E-state index contributed by atoms with van der Waals surface area (Å²) in [6.07, 6.45) is 4.92. The van der Waals surface area contributed by atoms with Gasteiger partial charge in [0, 0.05) is 36.6 Å². The maximum Gasteiger partial charge on any atom is 0.162 e. The summed E-state index contributed by atoms with van der Waals surface area (Å²) in [5.74, 6) is 0.660. The van der Waals surface area contributed by atoms with Crippen LogP contribution >= 0.6 is 0 Å². The Morgan fingerprint density at radius 1 is 0.975 bits per heavy atom. The van der Waals surface area contributed by atoms with Crippen molar-refractivity contribution in [3.05, 3.63) is 59.2 Å². The molecule has 0 saturated carbocycles. The minimum atomic E-state index is -0.872. The van der Waals surface area contributed by atoms with Gasteiger partial charge >= 0.3 is 0 Å². The van der Waals surface area contributed by atoms with E-state index < -0.39 is 17.9 Å². The molecular weight excluding hydrogens is 504 g/mol. The summed E-state index contributed by atoms with van der Waals surface area (Å²) in [4.78, 5) is 28.1. The third-order valence-electron chi connectivity index (χ3n) is 8.11. The molecule has 3 rings (SSSR count). The van der Waals surface area contributed by atoms with Gasteiger partial charge in [-0.15, -0.1) is 0 Å². The topological polar surface area (TPSA) is 99.9 Å². The molecule has 1 aliphatic heterocycles. The molecule has 2 aromatic rings. The second-order valence-electron chi connectivity index (χ2n) is 10.9. The number of ketones is 2.